The third-order valence-corrected chi connectivity index (χ3v) is 3.69. The predicted molar refractivity (Wildman–Crippen MR) is 71.5 cm³/mol. The maximum atomic E-state index is 12.1. The molecule has 0 aliphatic carbocycles. The Morgan fingerprint density at radius 3 is 1.75 bits per heavy atom. The summed E-state index contributed by atoms with van der Waals surface area (Å²) in [5.74, 6) is 1.50. The molecule has 0 saturated carbocycles. The summed E-state index contributed by atoms with van der Waals surface area (Å²) in [5, 5.41) is 0. The van der Waals surface area contributed by atoms with E-state index in [2.05, 4.69) is 34.6 Å². The van der Waals surface area contributed by atoms with Crippen molar-refractivity contribution in [3.05, 3.63) is 0 Å². The highest BCUT2D eigenvalue weighted by Gasteiger charge is 2.33. The second-order valence-electron chi connectivity index (χ2n) is 7.24. The summed E-state index contributed by atoms with van der Waals surface area (Å²) in [7, 11) is 0. The van der Waals surface area contributed by atoms with Crippen molar-refractivity contribution in [1.82, 2.24) is 0 Å². The van der Waals surface area contributed by atoms with Crippen LogP contribution in [0.25, 0.3) is 0 Å². The van der Waals surface area contributed by atoms with Crippen LogP contribution in [-0.2, 0) is 4.79 Å². The van der Waals surface area contributed by atoms with E-state index in [4.69, 9.17) is 0 Å². The normalized spacial score (nSPS) is 17.0. The standard InChI is InChI=1S/C15H30O/c1-9-11(2)12(14(3,4)5)10-13(16)15(6,7)8/h11-12H,9-10H2,1-8H3/t11?,12-/m0/s1. The van der Waals surface area contributed by atoms with Crippen LogP contribution in [-0.4, -0.2) is 5.78 Å². The third-order valence-electron chi connectivity index (χ3n) is 3.69. The summed E-state index contributed by atoms with van der Waals surface area (Å²) in [4.78, 5) is 12.1. The lowest BCUT2D eigenvalue weighted by Crippen LogP contribution is -2.32. The minimum atomic E-state index is -0.197. The van der Waals surface area contributed by atoms with Crippen molar-refractivity contribution in [3.63, 3.8) is 0 Å². The quantitative estimate of drug-likeness (QED) is 0.679. The van der Waals surface area contributed by atoms with E-state index >= 15 is 0 Å². The molecule has 1 heteroatoms. The molecule has 1 unspecified atom stereocenters. The Labute approximate surface area is 102 Å². The fraction of sp³-hybridized carbons (Fsp3) is 0.933. The van der Waals surface area contributed by atoms with Crippen LogP contribution in [0.4, 0.5) is 0 Å². The van der Waals surface area contributed by atoms with Gasteiger partial charge in [-0.15, -0.1) is 0 Å². The fourth-order valence-electron chi connectivity index (χ4n) is 2.15. The lowest BCUT2D eigenvalue weighted by atomic mass is 9.68. The number of carbonyl (C=O) groups excluding carboxylic acids is 1. The third kappa shape index (κ3) is 4.67. The lowest BCUT2D eigenvalue weighted by Gasteiger charge is -2.36. The lowest BCUT2D eigenvalue weighted by molar-refractivity contribution is -0.128. The van der Waals surface area contributed by atoms with Crippen LogP contribution >= 0.6 is 0 Å². The van der Waals surface area contributed by atoms with E-state index in [1.165, 1.54) is 0 Å². The molecule has 2 atom stereocenters. The van der Waals surface area contributed by atoms with Gasteiger partial charge in [0.1, 0.15) is 5.78 Å². The number of carbonyl (C=O) groups is 1. The van der Waals surface area contributed by atoms with Crippen molar-refractivity contribution in [2.24, 2.45) is 22.7 Å². The number of rotatable bonds is 4. The van der Waals surface area contributed by atoms with Crippen LogP contribution in [0.1, 0.15) is 68.2 Å². The molecule has 0 aromatic carbocycles. The molecule has 0 aliphatic rings. The van der Waals surface area contributed by atoms with Crippen molar-refractivity contribution in [2.75, 3.05) is 0 Å². The van der Waals surface area contributed by atoms with Crippen LogP contribution in [0.15, 0.2) is 0 Å². The minimum Gasteiger partial charge on any atom is -0.299 e. The van der Waals surface area contributed by atoms with E-state index in [0.717, 1.165) is 12.8 Å². The van der Waals surface area contributed by atoms with Crippen molar-refractivity contribution < 1.29 is 4.79 Å². The Morgan fingerprint density at radius 2 is 1.50 bits per heavy atom. The summed E-state index contributed by atoms with van der Waals surface area (Å²) in [6, 6.07) is 0. The van der Waals surface area contributed by atoms with Gasteiger partial charge >= 0.3 is 0 Å². The fourth-order valence-corrected chi connectivity index (χ4v) is 2.15. The van der Waals surface area contributed by atoms with E-state index in [1.54, 1.807) is 0 Å². The van der Waals surface area contributed by atoms with Crippen LogP contribution in [0, 0.1) is 22.7 Å². The van der Waals surface area contributed by atoms with Gasteiger partial charge in [0.25, 0.3) is 0 Å². The molecule has 0 rings (SSSR count). The molecular formula is C15H30O. The first-order valence-corrected chi connectivity index (χ1v) is 6.53. The summed E-state index contributed by atoms with van der Waals surface area (Å²) < 4.78 is 0. The molecule has 0 aromatic rings. The van der Waals surface area contributed by atoms with Crippen LogP contribution < -0.4 is 0 Å². The van der Waals surface area contributed by atoms with Crippen molar-refractivity contribution >= 4 is 5.78 Å². The molecule has 1 nitrogen and oxygen atoms in total. The maximum Gasteiger partial charge on any atom is 0.138 e. The van der Waals surface area contributed by atoms with Crippen LogP contribution in [0.5, 0.6) is 0 Å². The molecule has 0 aliphatic heterocycles. The van der Waals surface area contributed by atoms with Gasteiger partial charge in [0.05, 0.1) is 0 Å². The summed E-state index contributed by atoms with van der Waals surface area (Å²) >= 11 is 0. The molecule has 0 heterocycles. The van der Waals surface area contributed by atoms with Gasteiger partial charge in [-0.3, -0.25) is 4.79 Å². The largest absolute Gasteiger partial charge is 0.299 e. The Morgan fingerprint density at radius 1 is 1.06 bits per heavy atom. The topological polar surface area (TPSA) is 17.1 Å². The SMILES string of the molecule is CCC(C)[C@H](CC(=O)C(C)(C)C)C(C)(C)C. The second kappa shape index (κ2) is 5.33. The van der Waals surface area contributed by atoms with Gasteiger partial charge in [-0.25, -0.2) is 0 Å². The highest BCUT2D eigenvalue weighted by molar-refractivity contribution is 5.83. The number of ketones is 1. The summed E-state index contributed by atoms with van der Waals surface area (Å²) in [6.45, 7) is 17.3. The zero-order chi connectivity index (χ0) is 13.1. The zero-order valence-corrected chi connectivity index (χ0v) is 12.5. The molecular weight excluding hydrogens is 196 g/mol. The van der Waals surface area contributed by atoms with Crippen LogP contribution in [0.2, 0.25) is 0 Å². The molecule has 0 amide bonds. The van der Waals surface area contributed by atoms with E-state index in [-0.39, 0.29) is 10.8 Å². The number of hydrogen-bond acceptors (Lipinski definition) is 1. The molecule has 0 spiro atoms. The van der Waals surface area contributed by atoms with E-state index in [1.807, 2.05) is 20.8 Å². The van der Waals surface area contributed by atoms with Gasteiger partial charge in [-0.1, -0.05) is 61.8 Å². The molecule has 0 radical (unpaired) electrons. The minimum absolute atomic E-state index is 0.197. The maximum absolute atomic E-state index is 12.1. The van der Waals surface area contributed by atoms with E-state index < -0.39 is 0 Å². The highest BCUT2D eigenvalue weighted by atomic mass is 16.1. The zero-order valence-electron chi connectivity index (χ0n) is 12.5. The number of hydrogen-bond donors (Lipinski definition) is 0. The summed E-state index contributed by atoms with van der Waals surface area (Å²) in [5.41, 5.74) is 0.0211. The Balaban J connectivity index is 4.77. The predicted octanol–water partition coefficient (Wildman–Crippen LogP) is 4.70. The summed E-state index contributed by atoms with van der Waals surface area (Å²) in [6.07, 6.45) is 1.88. The smallest absolute Gasteiger partial charge is 0.138 e. The molecule has 0 bridgehead atoms. The van der Waals surface area contributed by atoms with Gasteiger partial charge in [-0.05, 0) is 17.3 Å². The van der Waals surface area contributed by atoms with Crippen molar-refractivity contribution in [3.8, 4) is 0 Å². The Bertz CT molecular complexity index is 227. The second-order valence-corrected chi connectivity index (χ2v) is 7.24. The van der Waals surface area contributed by atoms with Gasteiger partial charge in [0.15, 0.2) is 0 Å². The van der Waals surface area contributed by atoms with Gasteiger partial charge < -0.3 is 0 Å². The number of Topliss-reactive ketones (excluding diaryl/α,β-unsaturated/α-hetero) is 1. The first-order valence-electron chi connectivity index (χ1n) is 6.53. The molecule has 0 fully saturated rings. The van der Waals surface area contributed by atoms with Crippen LogP contribution in [0.3, 0.4) is 0 Å². The van der Waals surface area contributed by atoms with E-state index in [0.29, 0.717) is 17.6 Å². The van der Waals surface area contributed by atoms with Crippen molar-refractivity contribution in [1.29, 1.82) is 0 Å². The molecule has 16 heavy (non-hydrogen) atoms. The average Bonchev–Trinajstić information content (AvgIpc) is 2.09. The average molecular weight is 226 g/mol. The van der Waals surface area contributed by atoms with E-state index in [9.17, 15) is 4.79 Å². The monoisotopic (exact) mass is 226 g/mol. The van der Waals surface area contributed by atoms with Gasteiger partial charge in [0, 0.05) is 11.8 Å². The van der Waals surface area contributed by atoms with Gasteiger partial charge in [0.2, 0.25) is 0 Å². The first kappa shape index (κ1) is 15.7. The molecule has 0 saturated heterocycles. The molecule has 0 aromatic heterocycles. The molecule has 0 N–H and O–H groups in total. The van der Waals surface area contributed by atoms with Gasteiger partial charge in [-0.2, -0.15) is 0 Å². The Hall–Kier alpha value is -0.330. The Kier molecular flexibility index (Phi) is 5.22. The molecule has 96 valence electrons. The van der Waals surface area contributed by atoms with Crippen molar-refractivity contribution in [2.45, 2.75) is 68.2 Å². The highest BCUT2D eigenvalue weighted by Crippen LogP contribution is 2.38. The first-order chi connectivity index (χ1) is 7.00.